The fourth-order valence-corrected chi connectivity index (χ4v) is 2.31. The highest BCUT2D eigenvalue weighted by atomic mass is 35.5. The van der Waals surface area contributed by atoms with E-state index in [-0.39, 0.29) is 23.0 Å². The average molecular weight is 366 g/mol. The molecule has 9 nitrogen and oxygen atoms in total. The molecule has 130 valence electrons. The number of nitrogens with one attached hydrogen (secondary N) is 1. The van der Waals surface area contributed by atoms with E-state index < -0.39 is 21.2 Å². The first-order valence-corrected chi connectivity index (χ1v) is 7.24. The quantitative estimate of drug-likeness (QED) is 0.452. The number of nitro groups is 2. The van der Waals surface area contributed by atoms with Crippen LogP contribution >= 0.6 is 11.6 Å². The number of halogens is 1. The van der Waals surface area contributed by atoms with Crippen molar-refractivity contribution in [2.75, 3.05) is 19.0 Å². The summed E-state index contributed by atoms with van der Waals surface area (Å²) in [6.07, 6.45) is 0. The van der Waals surface area contributed by atoms with Crippen molar-refractivity contribution in [1.82, 2.24) is 0 Å². The van der Waals surface area contributed by atoms with Gasteiger partial charge in [-0.1, -0.05) is 11.6 Å². The molecule has 2 aromatic carbocycles. The van der Waals surface area contributed by atoms with E-state index in [0.29, 0.717) is 11.3 Å². The van der Waals surface area contributed by atoms with Crippen molar-refractivity contribution in [3.63, 3.8) is 0 Å². The van der Waals surface area contributed by atoms with E-state index in [1.807, 2.05) is 0 Å². The molecule has 0 unspecified atom stereocenters. The van der Waals surface area contributed by atoms with Crippen molar-refractivity contribution in [2.24, 2.45) is 0 Å². The van der Waals surface area contributed by atoms with Crippen LogP contribution in [0.25, 0.3) is 0 Å². The number of nitro benzene ring substituents is 2. The lowest BCUT2D eigenvalue weighted by atomic mass is 10.1. The van der Waals surface area contributed by atoms with E-state index in [9.17, 15) is 25.0 Å². The van der Waals surface area contributed by atoms with Gasteiger partial charge in [-0.25, -0.2) is 0 Å². The number of hydrogen-bond donors (Lipinski definition) is 1. The van der Waals surface area contributed by atoms with Gasteiger partial charge in [-0.2, -0.15) is 0 Å². The van der Waals surface area contributed by atoms with Crippen molar-refractivity contribution in [2.45, 2.75) is 0 Å². The Morgan fingerprint density at radius 2 is 1.88 bits per heavy atom. The lowest BCUT2D eigenvalue weighted by Gasteiger charge is -2.08. The molecule has 0 saturated carbocycles. The standard InChI is InChI=1S/C15H12ClN3O6/c1-25-15-5-2-9(6-11(15)16)14(20)8-17-12-4-3-10(18(21)22)7-13(12)19(23)24/h2-7,17H,8H2,1H3. The Morgan fingerprint density at radius 1 is 1.16 bits per heavy atom. The van der Waals surface area contributed by atoms with Crippen LogP contribution in [0.5, 0.6) is 5.75 Å². The fourth-order valence-electron chi connectivity index (χ4n) is 2.05. The Hall–Kier alpha value is -3.20. The summed E-state index contributed by atoms with van der Waals surface area (Å²) >= 11 is 5.95. The zero-order valence-corrected chi connectivity index (χ0v) is 13.6. The molecule has 0 aliphatic carbocycles. The number of carbonyl (C=O) groups is 1. The number of ether oxygens (including phenoxy) is 1. The van der Waals surface area contributed by atoms with E-state index >= 15 is 0 Å². The number of rotatable bonds is 7. The van der Waals surface area contributed by atoms with Gasteiger partial charge in [0.25, 0.3) is 11.4 Å². The predicted octanol–water partition coefficient (Wildman–Crippen LogP) is 3.46. The molecule has 0 aliphatic rings. The van der Waals surface area contributed by atoms with Crippen LogP contribution in [0.15, 0.2) is 36.4 Å². The van der Waals surface area contributed by atoms with Gasteiger partial charge in [0.05, 0.1) is 34.6 Å². The lowest BCUT2D eigenvalue weighted by molar-refractivity contribution is -0.393. The average Bonchev–Trinajstić information content (AvgIpc) is 2.59. The summed E-state index contributed by atoms with van der Waals surface area (Å²) in [6, 6.07) is 7.60. The Kier molecular flexibility index (Phi) is 5.50. The molecule has 2 aromatic rings. The summed E-state index contributed by atoms with van der Waals surface area (Å²) < 4.78 is 4.99. The molecule has 0 fully saturated rings. The van der Waals surface area contributed by atoms with Crippen LogP contribution < -0.4 is 10.1 Å². The van der Waals surface area contributed by atoms with Gasteiger partial charge < -0.3 is 10.1 Å². The van der Waals surface area contributed by atoms with E-state index in [0.717, 1.165) is 12.1 Å². The molecular formula is C15H12ClN3O6. The second-order valence-corrected chi connectivity index (χ2v) is 5.25. The molecule has 10 heteroatoms. The minimum Gasteiger partial charge on any atom is -0.495 e. The Bertz CT molecular complexity index is 855. The van der Waals surface area contributed by atoms with Gasteiger partial charge in [-0.3, -0.25) is 25.0 Å². The van der Waals surface area contributed by atoms with Gasteiger partial charge in [0.1, 0.15) is 11.4 Å². The van der Waals surface area contributed by atoms with Gasteiger partial charge in [-0.15, -0.1) is 0 Å². The molecule has 0 saturated heterocycles. The second-order valence-electron chi connectivity index (χ2n) is 4.84. The number of Topliss-reactive ketones (excluding diaryl/α,β-unsaturated/α-hetero) is 1. The van der Waals surface area contributed by atoms with Crippen molar-refractivity contribution in [3.05, 3.63) is 67.2 Å². The van der Waals surface area contributed by atoms with Crippen molar-refractivity contribution in [1.29, 1.82) is 0 Å². The third-order valence-corrected chi connectivity index (χ3v) is 3.60. The summed E-state index contributed by atoms with van der Waals surface area (Å²) in [5.41, 5.74) is -0.605. The van der Waals surface area contributed by atoms with Gasteiger partial charge >= 0.3 is 0 Å². The first-order valence-electron chi connectivity index (χ1n) is 6.87. The highest BCUT2D eigenvalue weighted by Gasteiger charge is 2.20. The molecule has 0 aromatic heterocycles. The van der Waals surface area contributed by atoms with Crippen LogP contribution in [-0.2, 0) is 0 Å². The maximum atomic E-state index is 12.2. The molecule has 0 bridgehead atoms. The molecule has 2 rings (SSSR count). The number of nitrogens with zero attached hydrogens (tertiary/aromatic N) is 2. The van der Waals surface area contributed by atoms with Gasteiger partial charge in [0.15, 0.2) is 5.78 Å². The third-order valence-electron chi connectivity index (χ3n) is 3.30. The van der Waals surface area contributed by atoms with Crippen molar-refractivity contribution in [3.8, 4) is 5.75 Å². The van der Waals surface area contributed by atoms with Crippen LogP contribution in [-0.4, -0.2) is 29.3 Å². The number of benzene rings is 2. The van der Waals surface area contributed by atoms with Crippen LogP contribution in [0.4, 0.5) is 17.1 Å². The number of carbonyl (C=O) groups excluding carboxylic acids is 1. The summed E-state index contributed by atoms with van der Waals surface area (Å²) in [7, 11) is 1.44. The Balaban J connectivity index is 2.17. The monoisotopic (exact) mass is 365 g/mol. The van der Waals surface area contributed by atoms with Crippen molar-refractivity contribution >= 4 is 34.4 Å². The minimum absolute atomic E-state index is 0.00330. The molecule has 0 radical (unpaired) electrons. The Labute approximate surface area is 146 Å². The molecule has 0 aliphatic heterocycles. The number of hydrogen-bond acceptors (Lipinski definition) is 7. The second kappa shape index (κ2) is 7.58. The van der Waals surface area contributed by atoms with Crippen LogP contribution in [0.3, 0.4) is 0 Å². The summed E-state index contributed by atoms with van der Waals surface area (Å²) in [4.78, 5) is 32.5. The largest absolute Gasteiger partial charge is 0.495 e. The molecule has 0 spiro atoms. The zero-order chi connectivity index (χ0) is 18.6. The number of methoxy groups -OCH3 is 1. The smallest absolute Gasteiger partial charge is 0.299 e. The van der Waals surface area contributed by atoms with Gasteiger partial charge in [0.2, 0.25) is 0 Å². The maximum Gasteiger partial charge on any atom is 0.299 e. The molecule has 25 heavy (non-hydrogen) atoms. The highest BCUT2D eigenvalue weighted by molar-refractivity contribution is 6.32. The molecule has 0 heterocycles. The van der Waals surface area contributed by atoms with Gasteiger partial charge in [0, 0.05) is 11.6 Å². The number of non-ortho nitro benzene ring substituents is 1. The molecule has 0 atom stereocenters. The SMILES string of the molecule is COc1ccc(C(=O)CNc2ccc([N+](=O)[O-])cc2[N+](=O)[O-])cc1Cl. The summed E-state index contributed by atoms with van der Waals surface area (Å²) in [5, 5.41) is 24.6. The van der Waals surface area contributed by atoms with Crippen LogP contribution in [0, 0.1) is 20.2 Å². The number of ketones is 1. The van der Waals surface area contributed by atoms with Crippen LogP contribution in [0.2, 0.25) is 5.02 Å². The topological polar surface area (TPSA) is 125 Å². The molecule has 0 amide bonds. The summed E-state index contributed by atoms with van der Waals surface area (Å²) in [5.74, 6) is 0.0504. The molecular weight excluding hydrogens is 354 g/mol. The molecule has 1 N–H and O–H groups in total. The maximum absolute atomic E-state index is 12.2. The normalized spacial score (nSPS) is 10.2. The first-order chi connectivity index (χ1) is 11.8. The minimum atomic E-state index is -0.760. The number of anilines is 1. The summed E-state index contributed by atoms with van der Waals surface area (Å²) in [6.45, 7) is -0.249. The zero-order valence-electron chi connectivity index (χ0n) is 12.9. The van der Waals surface area contributed by atoms with E-state index in [2.05, 4.69) is 5.32 Å². The van der Waals surface area contributed by atoms with E-state index in [1.54, 1.807) is 0 Å². The Morgan fingerprint density at radius 3 is 2.44 bits per heavy atom. The highest BCUT2D eigenvalue weighted by Crippen LogP contribution is 2.29. The fraction of sp³-hybridized carbons (Fsp3) is 0.133. The van der Waals surface area contributed by atoms with E-state index in [4.69, 9.17) is 16.3 Å². The lowest BCUT2D eigenvalue weighted by Crippen LogP contribution is -2.15. The predicted molar refractivity (Wildman–Crippen MR) is 90.6 cm³/mol. The first kappa shape index (κ1) is 18.1. The van der Waals surface area contributed by atoms with Gasteiger partial charge in [-0.05, 0) is 24.3 Å². The van der Waals surface area contributed by atoms with Crippen molar-refractivity contribution < 1.29 is 19.4 Å². The van der Waals surface area contributed by atoms with E-state index in [1.165, 1.54) is 31.4 Å². The van der Waals surface area contributed by atoms with Crippen LogP contribution in [0.1, 0.15) is 10.4 Å². The third kappa shape index (κ3) is 4.21.